The number of aliphatic imine (C=N–C) groups is 1. The van der Waals surface area contributed by atoms with Crippen molar-refractivity contribution in [1.82, 2.24) is 5.32 Å². The van der Waals surface area contributed by atoms with Gasteiger partial charge in [-0.1, -0.05) is 28.1 Å². The van der Waals surface area contributed by atoms with E-state index in [1.807, 2.05) is 37.3 Å². The molecule has 3 aromatic carbocycles. The maximum atomic E-state index is 13.4. The smallest absolute Gasteiger partial charge is 0.126 e. The molecule has 4 nitrogen and oxygen atoms in total. The number of nitrogens with one attached hydrogen (secondary N) is 1. The van der Waals surface area contributed by atoms with Crippen LogP contribution in [-0.2, 0) is 0 Å². The van der Waals surface area contributed by atoms with E-state index in [0.29, 0.717) is 13.0 Å². The van der Waals surface area contributed by atoms with Crippen molar-refractivity contribution in [1.29, 1.82) is 0 Å². The van der Waals surface area contributed by atoms with Gasteiger partial charge in [0.2, 0.25) is 0 Å². The molecule has 6 heteroatoms. The lowest BCUT2D eigenvalue weighted by molar-refractivity contribution is 0.340. The van der Waals surface area contributed by atoms with Gasteiger partial charge in [-0.05, 0) is 72.6 Å². The van der Waals surface area contributed by atoms with Gasteiger partial charge >= 0.3 is 0 Å². The first kappa shape index (κ1) is 20.6. The summed E-state index contributed by atoms with van der Waals surface area (Å²) in [6.45, 7) is 2.56. The zero-order valence-electron chi connectivity index (χ0n) is 16.5. The Morgan fingerprint density at radius 1 is 1.10 bits per heavy atom. The SMILES string of the molecule is CCOc1ccc(C2=N[C@@H](c3ccc(F)cc3)N[C@@H](c3cc(Br)ccc3O)C2)cc1. The summed E-state index contributed by atoms with van der Waals surface area (Å²) >= 11 is 3.49. The summed E-state index contributed by atoms with van der Waals surface area (Å²) in [6.07, 6.45) is 0.250. The lowest BCUT2D eigenvalue weighted by atomic mass is 9.93. The van der Waals surface area contributed by atoms with Crippen LogP contribution in [0.4, 0.5) is 4.39 Å². The summed E-state index contributed by atoms with van der Waals surface area (Å²) < 4.78 is 19.9. The van der Waals surface area contributed by atoms with Crippen LogP contribution in [0.5, 0.6) is 11.5 Å². The molecule has 0 fully saturated rings. The Morgan fingerprint density at radius 2 is 1.83 bits per heavy atom. The Hall–Kier alpha value is -2.70. The fourth-order valence-electron chi connectivity index (χ4n) is 3.61. The highest BCUT2D eigenvalue weighted by atomic mass is 79.9. The third kappa shape index (κ3) is 4.55. The molecule has 4 rings (SSSR count). The van der Waals surface area contributed by atoms with Crippen molar-refractivity contribution in [2.75, 3.05) is 6.61 Å². The van der Waals surface area contributed by atoms with Crippen LogP contribution >= 0.6 is 15.9 Å². The molecular weight excluding hydrogens is 447 g/mol. The summed E-state index contributed by atoms with van der Waals surface area (Å²) in [4.78, 5) is 4.90. The van der Waals surface area contributed by atoms with Crippen molar-refractivity contribution in [3.05, 3.63) is 93.7 Å². The van der Waals surface area contributed by atoms with Crippen LogP contribution in [0.25, 0.3) is 0 Å². The molecule has 0 saturated carbocycles. The molecule has 2 atom stereocenters. The Bertz CT molecular complexity index is 1050. The van der Waals surface area contributed by atoms with Crippen LogP contribution in [0, 0.1) is 5.82 Å². The first-order chi connectivity index (χ1) is 14.5. The van der Waals surface area contributed by atoms with E-state index in [1.165, 1.54) is 12.1 Å². The highest BCUT2D eigenvalue weighted by Crippen LogP contribution is 2.36. The second-order valence-corrected chi connectivity index (χ2v) is 8.03. The first-order valence-corrected chi connectivity index (χ1v) is 10.6. The molecule has 0 saturated heterocycles. The molecule has 154 valence electrons. The van der Waals surface area contributed by atoms with Crippen molar-refractivity contribution in [2.24, 2.45) is 4.99 Å². The number of aromatic hydroxyl groups is 1. The molecule has 1 heterocycles. The van der Waals surface area contributed by atoms with Crippen LogP contribution in [0.15, 0.2) is 76.2 Å². The summed E-state index contributed by atoms with van der Waals surface area (Å²) in [6, 6.07) is 19.4. The lowest BCUT2D eigenvalue weighted by Crippen LogP contribution is -2.33. The summed E-state index contributed by atoms with van der Waals surface area (Å²) in [5, 5.41) is 14.0. The number of phenolic OH excluding ortho intramolecular Hbond substituents is 1. The molecule has 0 spiro atoms. The van der Waals surface area contributed by atoms with E-state index in [1.54, 1.807) is 24.3 Å². The summed E-state index contributed by atoms with van der Waals surface area (Å²) in [5.74, 6) is 0.750. The number of hydrogen-bond donors (Lipinski definition) is 2. The van der Waals surface area contributed by atoms with Gasteiger partial charge in [0.25, 0.3) is 0 Å². The minimum atomic E-state index is -0.357. The molecule has 0 radical (unpaired) electrons. The lowest BCUT2D eigenvalue weighted by Gasteiger charge is -2.31. The van der Waals surface area contributed by atoms with Crippen LogP contribution in [-0.4, -0.2) is 17.4 Å². The van der Waals surface area contributed by atoms with Crippen molar-refractivity contribution in [2.45, 2.75) is 25.6 Å². The molecule has 30 heavy (non-hydrogen) atoms. The second-order valence-electron chi connectivity index (χ2n) is 7.11. The molecule has 1 aliphatic heterocycles. The van der Waals surface area contributed by atoms with Gasteiger partial charge in [0.05, 0.1) is 6.61 Å². The molecule has 0 unspecified atom stereocenters. The minimum absolute atomic E-state index is 0.156. The van der Waals surface area contributed by atoms with Gasteiger partial charge in [-0.15, -0.1) is 0 Å². The summed E-state index contributed by atoms with van der Waals surface area (Å²) in [7, 11) is 0. The number of rotatable bonds is 5. The minimum Gasteiger partial charge on any atom is -0.508 e. The Balaban J connectivity index is 1.72. The van der Waals surface area contributed by atoms with Gasteiger partial charge in [0, 0.05) is 28.2 Å². The number of nitrogens with zero attached hydrogens (tertiary/aromatic N) is 1. The molecule has 0 amide bonds. The van der Waals surface area contributed by atoms with Crippen LogP contribution in [0.1, 0.15) is 42.2 Å². The zero-order valence-corrected chi connectivity index (χ0v) is 18.1. The van der Waals surface area contributed by atoms with Gasteiger partial charge in [0.15, 0.2) is 0 Å². The van der Waals surface area contributed by atoms with Crippen molar-refractivity contribution < 1.29 is 14.2 Å². The van der Waals surface area contributed by atoms with Gasteiger partial charge in [-0.3, -0.25) is 10.3 Å². The number of ether oxygens (including phenoxy) is 1. The van der Waals surface area contributed by atoms with E-state index >= 15 is 0 Å². The van der Waals surface area contributed by atoms with Gasteiger partial charge in [-0.2, -0.15) is 0 Å². The van der Waals surface area contributed by atoms with Crippen molar-refractivity contribution >= 4 is 21.6 Å². The average molecular weight is 469 g/mol. The molecule has 1 aliphatic rings. The van der Waals surface area contributed by atoms with Gasteiger partial charge in [0.1, 0.15) is 23.5 Å². The van der Waals surface area contributed by atoms with E-state index in [2.05, 4.69) is 21.2 Å². The number of phenols is 1. The zero-order chi connectivity index (χ0) is 21.1. The molecule has 0 bridgehead atoms. The molecule has 0 aromatic heterocycles. The molecule has 3 aromatic rings. The topological polar surface area (TPSA) is 53.8 Å². The number of benzene rings is 3. The highest BCUT2D eigenvalue weighted by molar-refractivity contribution is 9.10. The third-order valence-corrected chi connectivity index (χ3v) is 5.58. The normalized spacial score (nSPS) is 18.7. The fourth-order valence-corrected chi connectivity index (χ4v) is 3.99. The number of halogens is 2. The number of hydrogen-bond acceptors (Lipinski definition) is 4. The fraction of sp³-hybridized carbons (Fsp3) is 0.208. The van der Waals surface area contributed by atoms with Gasteiger partial charge in [-0.25, -0.2) is 4.39 Å². The maximum absolute atomic E-state index is 13.4. The monoisotopic (exact) mass is 468 g/mol. The summed E-state index contributed by atoms with van der Waals surface area (Å²) in [5.41, 5.74) is 3.55. The Kier molecular flexibility index (Phi) is 6.16. The van der Waals surface area contributed by atoms with E-state index in [9.17, 15) is 9.50 Å². The molecule has 0 aliphatic carbocycles. The Morgan fingerprint density at radius 3 is 2.53 bits per heavy atom. The van der Waals surface area contributed by atoms with Crippen LogP contribution < -0.4 is 10.1 Å². The van der Waals surface area contributed by atoms with Gasteiger partial charge < -0.3 is 9.84 Å². The van der Waals surface area contributed by atoms with E-state index in [0.717, 1.165) is 32.6 Å². The molecule has 2 N–H and O–H groups in total. The third-order valence-electron chi connectivity index (χ3n) is 5.09. The average Bonchev–Trinajstić information content (AvgIpc) is 2.76. The largest absolute Gasteiger partial charge is 0.508 e. The van der Waals surface area contributed by atoms with Crippen LogP contribution in [0.3, 0.4) is 0 Å². The van der Waals surface area contributed by atoms with E-state index in [-0.39, 0.29) is 23.8 Å². The standard InChI is InChI=1S/C24H22BrFN2O2/c1-2-30-19-10-5-15(6-11-19)21-14-22(20-13-17(25)7-12-23(20)29)28-24(27-21)16-3-8-18(26)9-4-16/h3-13,22,24,28-29H,2,14H2,1H3/t22-,24-/m1/s1. The first-order valence-electron chi connectivity index (χ1n) is 9.83. The van der Waals surface area contributed by atoms with Crippen LogP contribution in [0.2, 0.25) is 0 Å². The Labute approximate surface area is 183 Å². The predicted octanol–water partition coefficient (Wildman–Crippen LogP) is 5.92. The second kappa shape index (κ2) is 8.98. The van der Waals surface area contributed by atoms with Crippen molar-refractivity contribution in [3.63, 3.8) is 0 Å². The highest BCUT2D eigenvalue weighted by Gasteiger charge is 2.28. The van der Waals surface area contributed by atoms with E-state index < -0.39 is 0 Å². The predicted molar refractivity (Wildman–Crippen MR) is 120 cm³/mol. The maximum Gasteiger partial charge on any atom is 0.126 e. The molecular formula is C24H22BrFN2O2. The van der Waals surface area contributed by atoms with E-state index in [4.69, 9.17) is 9.73 Å². The quantitative estimate of drug-likeness (QED) is 0.488. The van der Waals surface area contributed by atoms with Crippen molar-refractivity contribution in [3.8, 4) is 11.5 Å².